The lowest BCUT2D eigenvalue weighted by molar-refractivity contribution is 0.0779. The van der Waals surface area contributed by atoms with E-state index in [0.717, 1.165) is 17.7 Å². The Morgan fingerprint density at radius 2 is 2.05 bits per heavy atom. The minimum atomic E-state index is 0.0354. The molecule has 1 rings (SSSR count). The van der Waals surface area contributed by atoms with Crippen LogP contribution in [-0.4, -0.2) is 30.9 Å². The maximum Gasteiger partial charge on any atom is 0.253 e. The Kier molecular flexibility index (Phi) is 5.59. The average molecular weight is 258 g/mol. The first-order valence-corrected chi connectivity index (χ1v) is 6.50. The Morgan fingerprint density at radius 1 is 1.37 bits per heavy atom. The highest BCUT2D eigenvalue weighted by molar-refractivity contribution is 5.94. The second-order valence-corrected chi connectivity index (χ2v) is 5.17. The number of nitrogens with zero attached hydrogens (tertiary/aromatic N) is 1. The van der Waals surface area contributed by atoms with Gasteiger partial charge in [0.15, 0.2) is 0 Å². The van der Waals surface area contributed by atoms with Gasteiger partial charge in [-0.3, -0.25) is 4.79 Å². The van der Waals surface area contributed by atoms with E-state index in [4.69, 9.17) is 5.73 Å². The molecule has 0 atom stereocenters. The van der Waals surface area contributed by atoms with Crippen molar-refractivity contribution in [3.05, 3.63) is 34.9 Å². The van der Waals surface area contributed by atoms with Gasteiger partial charge in [-0.15, -0.1) is 0 Å². The second-order valence-electron chi connectivity index (χ2n) is 5.17. The van der Waals surface area contributed by atoms with Gasteiger partial charge in [-0.25, -0.2) is 0 Å². The van der Waals surface area contributed by atoms with E-state index in [9.17, 15) is 4.79 Å². The summed E-state index contributed by atoms with van der Waals surface area (Å²) in [5.74, 6) is 6.28. The molecular weight excluding hydrogens is 236 g/mol. The number of aryl methyl sites for hydroxylation is 1. The number of nitrogens with two attached hydrogens (primary N) is 1. The van der Waals surface area contributed by atoms with Crippen molar-refractivity contribution in [2.24, 2.45) is 11.7 Å². The summed E-state index contributed by atoms with van der Waals surface area (Å²) < 4.78 is 0. The topological polar surface area (TPSA) is 46.3 Å². The summed E-state index contributed by atoms with van der Waals surface area (Å²) >= 11 is 0. The summed E-state index contributed by atoms with van der Waals surface area (Å²) in [6.07, 6.45) is 0. The van der Waals surface area contributed by atoms with E-state index in [0.29, 0.717) is 18.0 Å². The van der Waals surface area contributed by atoms with Crippen LogP contribution in [0.3, 0.4) is 0 Å². The zero-order valence-corrected chi connectivity index (χ0v) is 12.2. The summed E-state index contributed by atoms with van der Waals surface area (Å²) in [7, 11) is 1.83. The number of hydrogen-bond acceptors (Lipinski definition) is 2. The molecule has 3 heteroatoms. The summed E-state index contributed by atoms with van der Waals surface area (Å²) in [6.45, 7) is 7.23. The van der Waals surface area contributed by atoms with Gasteiger partial charge in [0.25, 0.3) is 5.91 Å². The third-order valence-electron chi connectivity index (χ3n) is 2.64. The molecule has 0 heterocycles. The SMILES string of the molecule is Cc1cc(C#CCN)cc(C(=O)N(C)CC(C)C)c1. The number of amides is 1. The van der Waals surface area contributed by atoms with Crippen molar-refractivity contribution >= 4 is 5.91 Å². The van der Waals surface area contributed by atoms with Crippen LogP contribution < -0.4 is 5.73 Å². The van der Waals surface area contributed by atoms with Gasteiger partial charge in [-0.05, 0) is 36.6 Å². The van der Waals surface area contributed by atoms with Crippen LogP contribution in [-0.2, 0) is 0 Å². The van der Waals surface area contributed by atoms with Crippen molar-refractivity contribution in [2.45, 2.75) is 20.8 Å². The van der Waals surface area contributed by atoms with Gasteiger partial charge in [0, 0.05) is 24.7 Å². The highest BCUT2D eigenvalue weighted by Crippen LogP contribution is 2.12. The predicted molar refractivity (Wildman–Crippen MR) is 78.9 cm³/mol. The average Bonchev–Trinajstić information content (AvgIpc) is 2.33. The number of rotatable bonds is 3. The highest BCUT2D eigenvalue weighted by atomic mass is 16.2. The first-order valence-electron chi connectivity index (χ1n) is 6.50. The van der Waals surface area contributed by atoms with Crippen LogP contribution in [0.5, 0.6) is 0 Å². The lowest BCUT2D eigenvalue weighted by Crippen LogP contribution is -2.30. The van der Waals surface area contributed by atoms with Crippen molar-refractivity contribution in [1.29, 1.82) is 0 Å². The molecule has 0 saturated carbocycles. The molecule has 0 unspecified atom stereocenters. The van der Waals surface area contributed by atoms with E-state index in [1.165, 1.54) is 0 Å². The molecule has 0 aromatic heterocycles. The quantitative estimate of drug-likeness (QED) is 0.843. The van der Waals surface area contributed by atoms with E-state index >= 15 is 0 Å². The van der Waals surface area contributed by atoms with Crippen molar-refractivity contribution < 1.29 is 4.79 Å². The maximum absolute atomic E-state index is 12.3. The minimum absolute atomic E-state index is 0.0354. The number of hydrogen-bond donors (Lipinski definition) is 1. The lowest BCUT2D eigenvalue weighted by atomic mass is 10.1. The largest absolute Gasteiger partial charge is 0.341 e. The summed E-state index contributed by atoms with van der Waals surface area (Å²) in [5, 5.41) is 0. The molecule has 19 heavy (non-hydrogen) atoms. The molecule has 0 aliphatic carbocycles. The van der Waals surface area contributed by atoms with Crippen LogP contribution in [0.1, 0.15) is 35.3 Å². The fourth-order valence-electron chi connectivity index (χ4n) is 1.98. The van der Waals surface area contributed by atoms with Crippen LogP contribution in [0, 0.1) is 24.7 Å². The van der Waals surface area contributed by atoms with Crippen molar-refractivity contribution in [3.63, 3.8) is 0 Å². The van der Waals surface area contributed by atoms with E-state index in [1.807, 2.05) is 32.2 Å². The third-order valence-corrected chi connectivity index (χ3v) is 2.64. The molecular formula is C16H22N2O. The Bertz CT molecular complexity index is 509. The summed E-state index contributed by atoms with van der Waals surface area (Å²) in [4.78, 5) is 14.1. The van der Waals surface area contributed by atoms with Crippen LogP contribution in [0.2, 0.25) is 0 Å². The Balaban J connectivity index is 3.00. The molecule has 1 aromatic carbocycles. The molecule has 102 valence electrons. The molecule has 0 aliphatic heterocycles. The second kappa shape index (κ2) is 6.96. The molecule has 3 nitrogen and oxygen atoms in total. The van der Waals surface area contributed by atoms with Gasteiger partial charge < -0.3 is 10.6 Å². The third kappa shape index (κ3) is 4.76. The molecule has 0 saturated heterocycles. The number of carbonyl (C=O) groups excluding carboxylic acids is 1. The minimum Gasteiger partial charge on any atom is -0.341 e. The zero-order valence-electron chi connectivity index (χ0n) is 12.2. The van der Waals surface area contributed by atoms with Gasteiger partial charge in [-0.2, -0.15) is 0 Å². The maximum atomic E-state index is 12.3. The fourth-order valence-corrected chi connectivity index (χ4v) is 1.98. The zero-order chi connectivity index (χ0) is 14.4. The Hall–Kier alpha value is -1.79. The lowest BCUT2D eigenvalue weighted by Gasteiger charge is -2.19. The molecule has 0 bridgehead atoms. The fraction of sp³-hybridized carbons (Fsp3) is 0.438. The van der Waals surface area contributed by atoms with E-state index < -0.39 is 0 Å². The van der Waals surface area contributed by atoms with Crippen LogP contribution in [0.25, 0.3) is 0 Å². The molecule has 0 aliphatic rings. The predicted octanol–water partition coefficient (Wildman–Crippen LogP) is 2.03. The standard InChI is InChI=1S/C16H22N2O/c1-12(2)11-18(4)16(19)15-9-13(3)8-14(10-15)6-5-7-17/h8-10,12H,7,11,17H2,1-4H3. The molecule has 1 aromatic rings. The smallest absolute Gasteiger partial charge is 0.253 e. The first-order chi connectivity index (χ1) is 8.93. The van der Waals surface area contributed by atoms with Crippen molar-refractivity contribution in [3.8, 4) is 11.8 Å². The molecule has 0 spiro atoms. The van der Waals surface area contributed by atoms with Gasteiger partial charge in [-0.1, -0.05) is 25.7 Å². The molecule has 0 fully saturated rings. The molecule has 1 amide bonds. The Labute approximate surface area is 115 Å². The van der Waals surface area contributed by atoms with E-state index in [2.05, 4.69) is 25.7 Å². The highest BCUT2D eigenvalue weighted by Gasteiger charge is 2.13. The van der Waals surface area contributed by atoms with Crippen molar-refractivity contribution in [1.82, 2.24) is 4.90 Å². The van der Waals surface area contributed by atoms with Gasteiger partial charge in [0.2, 0.25) is 0 Å². The molecule has 0 radical (unpaired) electrons. The molecule has 2 N–H and O–H groups in total. The van der Waals surface area contributed by atoms with Gasteiger partial charge in [0.05, 0.1) is 6.54 Å². The monoisotopic (exact) mass is 258 g/mol. The van der Waals surface area contributed by atoms with Crippen LogP contribution in [0.4, 0.5) is 0 Å². The summed E-state index contributed by atoms with van der Waals surface area (Å²) in [6, 6.07) is 5.68. The summed E-state index contributed by atoms with van der Waals surface area (Å²) in [5.41, 5.74) is 7.92. The van der Waals surface area contributed by atoms with Crippen molar-refractivity contribution in [2.75, 3.05) is 20.1 Å². The normalized spacial score (nSPS) is 10.0. The van der Waals surface area contributed by atoms with Gasteiger partial charge >= 0.3 is 0 Å². The number of carbonyl (C=O) groups is 1. The van der Waals surface area contributed by atoms with Crippen LogP contribution in [0.15, 0.2) is 18.2 Å². The van der Waals surface area contributed by atoms with Gasteiger partial charge in [0.1, 0.15) is 0 Å². The number of benzene rings is 1. The first kappa shape index (κ1) is 15.3. The van der Waals surface area contributed by atoms with Crippen LogP contribution >= 0.6 is 0 Å². The Morgan fingerprint density at radius 3 is 2.63 bits per heavy atom. The van der Waals surface area contributed by atoms with E-state index in [-0.39, 0.29) is 5.91 Å². The van der Waals surface area contributed by atoms with E-state index in [1.54, 1.807) is 4.90 Å².